The minimum absolute atomic E-state index is 0. The summed E-state index contributed by atoms with van der Waals surface area (Å²) in [6.45, 7) is 16.7. The van der Waals surface area contributed by atoms with Crippen LogP contribution in [0.4, 0.5) is 0 Å². The molecule has 0 fully saturated rings. The third-order valence-corrected chi connectivity index (χ3v) is 15.5. The summed E-state index contributed by atoms with van der Waals surface area (Å²) in [6, 6.07) is 24.7. The van der Waals surface area contributed by atoms with Gasteiger partial charge >= 0.3 is 71.1 Å². The monoisotopic (exact) mass is 1100 g/mol. The topological polar surface area (TPSA) is 256 Å². The predicted molar refractivity (Wildman–Crippen MR) is 284 cm³/mol. The van der Waals surface area contributed by atoms with Crippen LogP contribution in [0.25, 0.3) is 21.9 Å². The molecular weight excluding hydrogens is 1030 g/mol. The number of hydrogen-bond acceptors (Lipinski definition) is 14. The third kappa shape index (κ3) is 17.9. The second kappa shape index (κ2) is 29.7. The van der Waals surface area contributed by atoms with Crippen molar-refractivity contribution in [2.45, 2.75) is 163 Å². The van der Waals surface area contributed by atoms with Gasteiger partial charge in [-0.05, 0) is 95.9 Å². The van der Waals surface area contributed by atoms with Crippen molar-refractivity contribution in [3.63, 3.8) is 0 Å². The first-order chi connectivity index (χ1) is 34.8. The number of aliphatic hydroxyl groups is 2. The minimum Gasteiger partial charge on any atom is -0.542 e. The number of aliphatic carboxylic acids is 2. The summed E-state index contributed by atoms with van der Waals surface area (Å²) < 4.78 is 11.2. The molecule has 4 aromatic carbocycles. The van der Waals surface area contributed by atoms with Crippen LogP contribution in [0.2, 0.25) is 0 Å². The molecule has 0 saturated carbocycles. The third-order valence-electron chi connectivity index (χ3n) is 12.5. The molecule has 14 nitrogen and oxygen atoms in total. The number of hydrogen-bond donors (Lipinski definition) is 4. The number of aryl methyl sites for hydroxylation is 2. The summed E-state index contributed by atoms with van der Waals surface area (Å²) in [7, 11) is 0. The Morgan fingerprint density at radius 2 is 0.882 bits per heavy atom. The molecule has 0 aliphatic rings. The number of carboxylic acid groups (broad SMARTS) is 4. The van der Waals surface area contributed by atoms with E-state index in [-0.39, 0.29) is 105 Å². The molecule has 0 bridgehead atoms. The number of benzene rings is 4. The molecule has 4 N–H and O–H groups in total. The number of carboxylic acids is 4. The molecule has 18 heteroatoms. The number of thioether (sulfide) groups is 2. The van der Waals surface area contributed by atoms with Crippen molar-refractivity contribution in [1.82, 2.24) is 0 Å². The fraction of sp³-hybridized carbons (Fsp3) is 0.414. The van der Waals surface area contributed by atoms with E-state index < -0.39 is 69.0 Å². The average Bonchev–Trinajstić information content (AvgIpc) is 3.33. The number of carbonyl (C=O) groups excluding carboxylic acids is 2. The van der Waals surface area contributed by atoms with Crippen molar-refractivity contribution in [2.24, 2.45) is 0 Å². The summed E-state index contributed by atoms with van der Waals surface area (Å²) in [5.74, 6) is -6.01. The molecule has 0 radical (unpaired) electrons. The van der Waals surface area contributed by atoms with Crippen LogP contribution in [0.1, 0.15) is 172 Å². The van der Waals surface area contributed by atoms with E-state index in [1.807, 2.05) is 62.4 Å². The summed E-state index contributed by atoms with van der Waals surface area (Å²) in [6.07, 6.45) is 2.01. The molecule has 6 rings (SSSR count). The fourth-order valence-corrected chi connectivity index (χ4v) is 11.2. The molecule has 6 aromatic rings. The van der Waals surface area contributed by atoms with E-state index in [1.54, 1.807) is 24.3 Å². The zero-order valence-corrected chi connectivity index (χ0v) is 50.8. The Hall–Kier alpha value is -4.20. The summed E-state index contributed by atoms with van der Waals surface area (Å²) in [5.41, 5.74) is 4.87. The Balaban J connectivity index is 0.000000390. The van der Waals surface area contributed by atoms with E-state index in [1.165, 1.54) is 23.5 Å². The van der Waals surface area contributed by atoms with E-state index in [0.29, 0.717) is 49.7 Å². The largest absolute Gasteiger partial charge is 1.00 e. The molecule has 4 atom stereocenters. The second-order valence-electron chi connectivity index (χ2n) is 20.4. The number of aromatic carboxylic acids is 2. The Labute approximate surface area is 496 Å². The smallest absolute Gasteiger partial charge is 0.542 e. The van der Waals surface area contributed by atoms with Gasteiger partial charge in [-0.1, -0.05) is 117 Å². The molecule has 0 aliphatic carbocycles. The van der Waals surface area contributed by atoms with Crippen molar-refractivity contribution in [3.8, 4) is 0 Å². The van der Waals surface area contributed by atoms with E-state index in [9.17, 15) is 49.2 Å². The standard InChI is InChI=1S/2C29H34O7S.2Na/c2*1-5-7-20-24(15-14-19-22(31)16-23(28(34)35)36-26(19)20)37-27(21(30)8-6-9-25(32)33)17-10-12-18(13-11-17)29(2,3)4;;/h2*10-16,21,27,30H,5-9H2,1-4H3,(H,32,33)(H,34,35);;/q;;2*+1/p-2. The molecular formula is C58H66Na2O14S2. The molecule has 396 valence electrons. The van der Waals surface area contributed by atoms with Gasteiger partial charge in [0, 0.05) is 45.9 Å². The maximum Gasteiger partial charge on any atom is 1.00 e. The molecule has 2 heterocycles. The first-order valence-electron chi connectivity index (χ1n) is 24.8. The normalized spacial score (nSPS) is 13.1. The van der Waals surface area contributed by atoms with Gasteiger partial charge in [-0.2, -0.15) is 0 Å². The molecule has 0 amide bonds. The first kappa shape index (κ1) is 66.1. The molecule has 76 heavy (non-hydrogen) atoms. The molecule has 2 aromatic heterocycles. The number of aliphatic hydroxyl groups excluding tert-OH is 2. The van der Waals surface area contributed by atoms with Gasteiger partial charge in [-0.25, -0.2) is 0 Å². The van der Waals surface area contributed by atoms with Crippen molar-refractivity contribution < 1.29 is 118 Å². The quantitative estimate of drug-likeness (QED) is 0.0558. The molecule has 0 saturated heterocycles. The Morgan fingerprint density at radius 3 is 1.16 bits per heavy atom. The maximum absolute atomic E-state index is 12.6. The zero-order valence-electron chi connectivity index (χ0n) is 45.2. The molecule has 0 aliphatic heterocycles. The molecule has 4 unspecified atom stereocenters. The first-order valence-corrected chi connectivity index (χ1v) is 26.6. The molecule has 0 spiro atoms. The Bertz CT molecular complexity index is 2860. The van der Waals surface area contributed by atoms with Gasteiger partial charge in [0.2, 0.25) is 0 Å². The summed E-state index contributed by atoms with van der Waals surface area (Å²) >= 11 is 2.80. The van der Waals surface area contributed by atoms with E-state index >= 15 is 0 Å². The van der Waals surface area contributed by atoms with Crippen LogP contribution in [-0.4, -0.2) is 56.5 Å². The van der Waals surface area contributed by atoms with Crippen molar-refractivity contribution in [3.05, 3.63) is 150 Å². The second-order valence-corrected chi connectivity index (χ2v) is 22.8. The van der Waals surface area contributed by atoms with Gasteiger partial charge in [0.1, 0.15) is 23.1 Å². The zero-order chi connectivity index (χ0) is 54.7. The van der Waals surface area contributed by atoms with Crippen LogP contribution >= 0.6 is 23.5 Å². The van der Waals surface area contributed by atoms with Crippen LogP contribution in [-0.2, 0) is 33.3 Å². The van der Waals surface area contributed by atoms with Crippen molar-refractivity contribution in [1.29, 1.82) is 0 Å². The van der Waals surface area contributed by atoms with E-state index in [0.717, 1.165) is 57.0 Å². The predicted octanol–water partition coefficient (Wildman–Crippen LogP) is 3.72. The Morgan fingerprint density at radius 1 is 0.553 bits per heavy atom. The van der Waals surface area contributed by atoms with Gasteiger partial charge in [-0.15, -0.1) is 23.5 Å². The van der Waals surface area contributed by atoms with E-state index in [4.69, 9.17) is 19.0 Å². The van der Waals surface area contributed by atoms with Gasteiger partial charge < -0.3 is 49.1 Å². The van der Waals surface area contributed by atoms with Crippen LogP contribution in [0.5, 0.6) is 0 Å². The minimum atomic E-state index is -1.56. The van der Waals surface area contributed by atoms with Crippen LogP contribution in [0.3, 0.4) is 0 Å². The number of fused-ring (bicyclic) bond motifs is 2. The number of rotatable bonds is 22. The Kier molecular flexibility index (Phi) is 25.8. The number of carbonyl (C=O) groups is 4. The van der Waals surface area contributed by atoms with Crippen LogP contribution in [0, 0.1) is 0 Å². The van der Waals surface area contributed by atoms with Crippen LogP contribution in [0.15, 0.2) is 113 Å². The van der Waals surface area contributed by atoms with Gasteiger partial charge in [0.05, 0.1) is 33.5 Å². The van der Waals surface area contributed by atoms with Gasteiger partial charge in [0.15, 0.2) is 22.4 Å². The van der Waals surface area contributed by atoms with Gasteiger partial charge in [0.25, 0.3) is 0 Å². The van der Waals surface area contributed by atoms with Gasteiger partial charge in [-0.3, -0.25) is 19.2 Å². The van der Waals surface area contributed by atoms with Crippen molar-refractivity contribution >= 4 is 69.3 Å². The summed E-state index contributed by atoms with van der Waals surface area (Å²) in [5, 5.41) is 63.0. The maximum atomic E-state index is 12.6. The average molecular weight is 1100 g/mol. The van der Waals surface area contributed by atoms with E-state index in [2.05, 4.69) is 41.5 Å². The van der Waals surface area contributed by atoms with Crippen molar-refractivity contribution in [2.75, 3.05) is 0 Å². The summed E-state index contributed by atoms with van der Waals surface area (Å²) in [4.78, 5) is 71.5. The van der Waals surface area contributed by atoms with Crippen LogP contribution < -0.4 is 80.2 Å². The SMILES string of the molecule is CCCc1c(SC(c2ccc(C(C)(C)C)cc2)C(O)CCCC(=O)O)ccc2c(=O)cc(C(=O)[O-])oc12.CCCc1c(SC(c2ccc(C(C)(C)C)cc2)C(O)CCCC(=O)O)ccc2c(=O)cc(C(=O)[O-])oc12.[Na+].[Na+]. The fourth-order valence-electron chi connectivity index (χ4n) is 8.49.